The molecule has 0 amide bonds. The van der Waals surface area contributed by atoms with Crippen molar-refractivity contribution in [3.8, 4) is 0 Å². The Morgan fingerprint density at radius 2 is 2.31 bits per heavy atom. The predicted molar refractivity (Wildman–Crippen MR) is 66.1 cm³/mol. The summed E-state index contributed by atoms with van der Waals surface area (Å²) in [7, 11) is 0. The highest BCUT2D eigenvalue weighted by Gasteiger charge is 2.17. The van der Waals surface area contributed by atoms with Gasteiger partial charge in [0, 0.05) is 0 Å². The van der Waals surface area contributed by atoms with E-state index in [1.807, 2.05) is 0 Å². The van der Waals surface area contributed by atoms with E-state index in [2.05, 4.69) is 12.3 Å². The van der Waals surface area contributed by atoms with Gasteiger partial charge in [-0.3, -0.25) is 0 Å². The van der Waals surface area contributed by atoms with E-state index in [0.717, 1.165) is 37.7 Å². The molecule has 1 unspecified atom stereocenters. The summed E-state index contributed by atoms with van der Waals surface area (Å²) in [6.45, 7) is 5.40. The molecule has 1 aliphatic carbocycles. The van der Waals surface area contributed by atoms with Crippen LogP contribution in [0.4, 0.5) is 0 Å². The highest BCUT2D eigenvalue weighted by Crippen LogP contribution is 2.23. The summed E-state index contributed by atoms with van der Waals surface area (Å²) in [5.41, 5.74) is 3.16. The van der Waals surface area contributed by atoms with Crippen LogP contribution in [-0.4, -0.2) is 21.9 Å². The van der Waals surface area contributed by atoms with E-state index in [-0.39, 0.29) is 6.10 Å². The van der Waals surface area contributed by atoms with E-state index in [9.17, 15) is 10.2 Å². The fourth-order valence-electron chi connectivity index (χ4n) is 1.88. The zero-order chi connectivity index (χ0) is 12.0. The van der Waals surface area contributed by atoms with Crippen LogP contribution in [0.5, 0.6) is 0 Å². The molecular weight excluding hydrogens is 200 g/mol. The molecule has 1 fully saturated rings. The minimum Gasteiger partial charge on any atom is -0.388 e. The molecule has 0 saturated heterocycles. The van der Waals surface area contributed by atoms with Gasteiger partial charge in [-0.15, -0.1) is 12.3 Å². The third-order valence-electron chi connectivity index (χ3n) is 3.00. The van der Waals surface area contributed by atoms with Gasteiger partial charge in [-0.2, -0.15) is 0 Å². The van der Waals surface area contributed by atoms with E-state index >= 15 is 0 Å². The maximum absolute atomic E-state index is 10.0. The van der Waals surface area contributed by atoms with Crippen molar-refractivity contribution in [3.05, 3.63) is 30.0 Å². The fraction of sp³-hybridized carbons (Fsp3) is 0.643. The monoisotopic (exact) mass is 222 g/mol. The Hall–Kier alpha value is -0.820. The van der Waals surface area contributed by atoms with Gasteiger partial charge in [-0.25, -0.2) is 0 Å². The quantitative estimate of drug-likeness (QED) is 0.567. The van der Waals surface area contributed by atoms with Gasteiger partial charge < -0.3 is 10.2 Å². The minimum atomic E-state index is -0.849. The number of hydrogen-bond acceptors (Lipinski definition) is 2. The zero-order valence-corrected chi connectivity index (χ0v) is 10.1. The van der Waals surface area contributed by atoms with E-state index in [4.69, 9.17) is 0 Å². The van der Waals surface area contributed by atoms with Crippen LogP contribution in [0.2, 0.25) is 0 Å². The second-order valence-corrected chi connectivity index (χ2v) is 4.76. The van der Waals surface area contributed by atoms with Gasteiger partial charge in [0.15, 0.2) is 0 Å². The Morgan fingerprint density at radius 3 is 2.94 bits per heavy atom. The van der Waals surface area contributed by atoms with E-state index in [1.165, 1.54) is 0 Å². The van der Waals surface area contributed by atoms with Gasteiger partial charge in [0.05, 0.1) is 11.7 Å². The molecule has 0 bridgehead atoms. The first-order valence-corrected chi connectivity index (χ1v) is 6.03. The van der Waals surface area contributed by atoms with Crippen molar-refractivity contribution >= 4 is 0 Å². The predicted octanol–water partition coefficient (Wildman–Crippen LogP) is 2.72. The molecular formula is C14H22O2. The summed E-state index contributed by atoms with van der Waals surface area (Å²) in [6.07, 6.45) is 8.46. The molecule has 1 aliphatic rings. The van der Waals surface area contributed by atoms with Gasteiger partial charge in [0.1, 0.15) is 0 Å². The van der Waals surface area contributed by atoms with Crippen molar-refractivity contribution in [1.29, 1.82) is 0 Å². The normalized spacial score (nSPS) is 24.4. The van der Waals surface area contributed by atoms with Crippen molar-refractivity contribution in [1.82, 2.24) is 0 Å². The van der Waals surface area contributed by atoms with Crippen LogP contribution in [0.25, 0.3) is 0 Å². The van der Waals surface area contributed by atoms with Gasteiger partial charge in [0.25, 0.3) is 0 Å². The van der Waals surface area contributed by atoms with E-state index < -0.39 is 5.60 Å². The third-order valence-corrected chi connectivity index (χ3v) is 3.00. The lowest BCUT2D eigenvalue weighted by Gasteiger charge is -2.20. The first-order chi connectivity index (χ1) is 7.55. The third kappa shape index (κ3) is 4.36. The maximum atomic E-state index is 10.0. The lowest BCUT2D eigenvalue weighted by Crippen LogP contribution is -2.20. The van der Waals surface area contributed by atoms with Crippen molar-refractivity contribution in [3.63, 3.8) is 0 Å². The molecule has 0 heterocycles. The molecule has 2 atom stereocenters. The van der Waals surface area contributed by atoms with Gasteiger partial charge in [-0.1, -0.05) is 12.5 Å². The Bertz CT molecular complexity index is 296. The van der Waals surface area contributed by atoms with Crippen molar-refractivity contribution in [2.24, 2.45) is 0 Å². The largest absolute Gasteiger partial charge is 0.388 e. The molecule has 1 rings (SSSR count). The smallest absolute Gasteiger partial charge is 0.0875 e. The molecule has 0 aromatic rings. The second-order valence-electron chi connectivity index (χ2n) is 4.76. The fourth-order valence-corrected chi connectivity index (χ4v) is 1.88. The number of rotatable bonds is 4. The van der Waals surface area contributed by atoms with Crippen molar-refractivity contribution < 1.29 is 10.2 Å². The minimum absolute atomic E-state index is 0.361. The van der Waals surface area contributed by atoms with Crippen molar-refractivity contribution in [2.75, 3.05) is 0 Å². The Labute approximate surface area is 98.0 Å². The molecule has 0 aromatic heterocycles. The molecule has 90 valence electrons. The molecule has 1 saturated carbocycles. The average molecular weight is 222 g/mol. The standard InChI is InChI=1S/C14H22O2/c1-3-4-10-14(2,16)11-9-12-7-5-6-8-13(12)15/h3,11,13,15-16H,1,4-8,10H2,2H3/t9?,13-,14?/m0/s1. The second kappa shape index (κ2) is 6.05. The summed E-state index contributed by atoms with van der Waals surface area (Å²) >= 11 is 0. The highest BCUT2D eigenvalue weighted by atomic mass is 16.3. The molecule has 16 heavy (non-hydrogen) atoms. The summed E-state index contributed by atoms with van der Waals surface area (Å²) in [5, 5.41) is 19.7. The van der Waals surface area contributed by atoms with E-state index in [0.29, 0.717) is 6.42 Å². The lowest BCUT2D eigenvalue weighted by molar-refractivity contribution is 0.103. The van der Waals surface area contributed by atoms with Crippen LogP contribution in [0.3, 0.4) is 0 Å². The molecule has 2 nitrogen and oxygen atoms in total. The SMILES string of the molecule is C=CCCC(C)(O)C=C=C1CCCC[C@@H]1O. The van der Waals surface area contributed by atoms with Gasteiger partial charge >= 0.3 is 0 Å². The maximum Gasteiger partial charge on any atom is 0.0875 e. The van der Waals surface area contributed by atoms with E-state index in [1.54, 1.807) is 19.1 Å². The Morgan fingerprint density at radius 1 is 1.56 bits per heavy atom. The average Bonchev–Trinajstić information content (AvgIpc) is 2.26. The molecule has 2 N–H and O–H groups in total. The van der Waals surface area contributed by atoms with Crippen LogP contribution >= 0.6 is 0 Å². The van der Waals surface area contributed by atoms with Gasteiger partial charge in [-0.05, 0) is 50.7 Å². The highest BCUT2D eigenvalue weighted by molar-refractivity contribution is 5.12. The summed E-state index contributed by atoms with van der Waals surface area (Å²) in [4.78, 5) is 0. The molecule has 0 aromatic carbocycles. The van der Waals surface area contributed by atoms with Crippen LogP contribution in [-0.2, 0) is 0 Å². The van der Waals surface area contributed by atoms with Gasteiger partial charge in [0.2, 0.25) is 0 Å². The zero-order valence-electron chi connectivity index (χ0n) is 10.1. The summed E-state index contributed by atoms with van der Waals surface area (Å²) in [6, 6.07) is 0. The van der Waals surface area contributed by atoms with Crippen molar-refractivity contribution in [2.45, 2.75) is 57.2 Å². The lowest BCUT2D eigenvalue weighted by atomic mass is 9.91. The molecule has 0 spiro atoms. The first-order valence-electron chi connectivity index (χ1n) is 6.03. The summed E-state index contributed by atoms with van der Waals surface area (Å²) in [5.74, 6) is 0. The molecule has 0 aliphatic heterocycles. The Balaban J connectivity index is 2.67. The Kier molecular flexibility index (Phi) is 5.01. The number of aliphatic hydroxyl groups is 2. The van der Waals surface area contributed by atoms with Crippen LogP contribution in [0, 0.1) is 0 Å². The van der Waals surface area contributed by atoms with Crippen LogP contribution < -0.4 is 0 Å². The van der Waals surface area contributed by atoms with Crippen LogP contribution in [0.15, 0.2) is 30.0 Å². The topological polar surface area (TPSA) is 40.5 Å². The number of hydrogen-bond donors (Lipinski definition) is 2. The van der Waals surface area contributed by atoms with Crippen LogP contribution in [0.1, 0.15) is 45.4 Å². The summed E-state index contributed by atoms with van der Waals surface area (Å²) < 4.78 is 0. The number of allylic oxidation sites excluding steroid dienone is 1. The first kappa shape index (κ1) is 13.2. The number of aliphatic hydroxyl groups excluding tert-OH is 1. The molecule has 2 heteroatoms. The molecule has 0 radical (unpaired) electrons.